The number of aromatic nitrogens is 3. The summed E-state index contributed by atoms with van der Waals surface area (Å²) >= 11 is 0. The maximum atomic E-state index is 13.0. The van der Waals surface area contributed by atoms with Gasteiger partial charge in [0.15, 0.2) is 0 Å². The minimum absolute atomic E-state index is 0.0393. The first-order chi connectivity index (χ1) is 15.6. The highest BCUT2D eigenvalue weighted by molar-refractivity contribution is 5.98. The topological polar surface area (TPSA) is 81.4 Å². The van der Waals surface area contributed by atoms with Crippen LogP contribution in [0.1, 0.15) is 32.1 Å². The van der Waals surface area contributed by atoms with Crippen LogP contribution in [0.25, 0.3) is 22.2 Å². The average molecular weight is 436 g/mol. The summed E-state index contributed by atoms with van der Waals surface area (Å²) in [5, 5.41) is 8.84. The Morgan fingerprint density at radius 3 is 2.91 bits per heavy atom. The molecule has 8 heteroatoms. The second-order valence-corrected chi connectivity index (χ2v) is 8.62. The summed E-state index contributed by atoms with van der Waals surface area (Å²) in [4.78, 5) is 26.9. The number of fused-ring (bicyclic) bond motifs is 2. The predicted molar refractivity (Wildman–Crippen MR) is 122 cm³/mol. The largest absolute Gasteiger partial charge is 0.376 e. The molecule has 1 fully saturated rings. The molecule has 3 aromatic rings. The van der Waals surface area contributed by atoms with Gasteiger partial charge in [-0.2, -0.15) is 5.10 Å². The van der Waals surface area contributed by atoms with Crippen molar-refractivity contribution in [3.05, 3.63) is 36.5 Å². The summed E-state index contributed by atoms with van der Waals surface area (Å²) in [5.74, 6) is 0.669. The summed E-state index contributed by atoms with van der Waals surface area (Å²) in [6, 6.07) is 10.2. The quantitative estimate of drug-likeness (QED) is 0.646. The molecule has 2 aliphatic heterocycles. The summed E-state index contributed by atoms with van der Waals surface area (Å²) < 4.78 is 9.54. The fourth-order valence-electron chi connectivity index (χ4n) is 4.69. The van der Waals surface area contributed by atoms with Crippen LogP contribution in [0, 0.1) is 0 Å². The maximum Gasteiger partial charge on any atom is 0.228 e. The summed E-state index contributed by atoms with van der Waals surface area (Å²) in [7, 11) is 2.03. The van der Waals surface area contributed by atoms with E-state index in [2.05, 4.69) is 28.2 Å². The lowest BCUT2D eigenvalue weighted by Gasteiger charge is -2.27. The number of rotatable bonds is 6. The van der Waals surface area contributed by atoms with Gasteiger partial charge < -0.3 is 14.6 Å². The SMILES string of the molecule is Cn1cc(-c2cc3n(n2)CCCN3C(=O)CCC(=O)NCC2CCCO2)c2ccccc21. The zero-order valence-electron chi connectivity index (χ0n) is 18.4. The molecular formula is C24H29N5O3. The fourth-order valence-corrected chi connectivity index (χ4v) is 4.69. The lowest BCUT2D eigenvalue weighted by molar-refractivity contribution is -0.125. The number of carbonyl (C=O) groups is 2. The Balaban J connectivity index is 1.27. The maximum absolute atomic E-state index is 13.0. The molecule has 2 amide bonds. The van der Waals surface area contributed by atoms with E-state index >= 15 is 0 Å². The van der Waals surface area contributed by atoms with E-state index in [0.717, 1.165) is 60.4 Å². The molecule has 0 aliphatic carbocycles. The molecule has 1 unspecified atom stereocenters. The number of para-hydroxylation sites is 1. The molecule has 32 heavy (non-hydrogen) atoms. The lowest BCUT2D eigenvalue weighted by Crippen LogP contribution is -2.38. The first-order valence-corrected chi connectivity index (χ1v) is 11.4. The Bertz CT molecular complexity index is 1140. The molecule has 2 aliphatic rings. The van der Waals surface area contributed by atoms with Crippen LogP contribution in [0.4, 0.5) is 5.82 Å². The van der Waals surface area contributed by atoms with E-state index in [-0.39, 0.29) is 30.8 Å². The van der Waals surface area contributed by atoms with Gasteiger partial charge in [0.25, 0.3) is 0 Å². The second kappa shape index (κ2) is 8.78. The van der Waals surface area contributed by atoms with Crippen molar-refractivity contribution in [2.45, 2.75) is 44.8 Å². The Morgan fingerprint density at radius 1 is 1.19 bits per heavy atom. The van der Waals surface area contributed by atoms with Crippen LogP contribution in [0.5, 0.6) is 0 Å². The third kappa shape index (κ3) is 4.02. The standard InChI is InChI=1S/C24H29N5O3/c1-27-16-19(18-7-2-3-8-21(18)27)20-14-23-28(11-5-12-29(23)26-20)24(31)10-9-22(30)25-15-17-6-4-13-32-17/h2-3,7-8,14,16-17H,4-6,9-13,15H2,1H3,(H,25,30). The van der Waals surface area contributed by atoms with Gasteiger partial charge in [-0.3, -0.25) is 14.5 Å². The molecule has 1 atom stereocenters. The molecule has 4 heterocycles. The van der Waals surface area contributed by atoms with Crippen LogP contribution in [0.2, 0.25) is 0 Å². The minimum atomic E-state index is -0.101. The molecule has 5 rings (SSSR count). The monoisotopic (exact) mass is 435 g/mol. The predicted octanol–water partition coefficient (Wildman–Crippen LogP) is 2.85. The Labute approximate surface area is 187 Å². The van der Waals surface area contributed by atoms with Gasteiger partial charge in [-0.1, -0.05) is 18.2 Å². The number of ether oxygens (including phenoxy) is 1. The molecule has 0 radical (unpaired) electrons. The van der Waals surface area contributed by atoms with E-state index < -0.39 is 0 Å². The summed E-state index contributed by atoms with van der Waals surface area (Å²) in [5.41, 5.74) is 3.08. The van der Waals surface area contributed by atoms with E-state index in [1.807, 2.05) is 29.9 Å². The smallest absolute Gasteiger partial charge is 0.228 e. The zero-order valence-corrected chi connectivity index (χ0v) is 18.4. The number of hydrogen-bond donors (Lipinski definition) is 1. The van der Waals surface area contributed by atoms with Crippen molar-refractivity contribution < 1.29 is 14.3 Å². The first-order valence-electron chi connectivity index (χ1n) is 11.4. The lowest BCUT2D eigenvalue weighted by atomic mass is 10.1. The van der Waals surface area contributed by atoms with Gasteiger partial charge >= 0.3 is 0 Å². The highest BCUT2D eigenvalue weighted by Crippen LogP contribution is 2.33. The highest BCUT2D eigenvalue weighted by Gasteiger charge is 2.26. The Hall–Kier alpha value is -3.13. The van der Waals surface area contributed by atoms with E-state index in [1.165, 1.54) is 0 Å². The minimum Gasteiger partial charge on any atom is -0.376 e. The number of hydrogen-bond acceptors (Lipinski definition) is 4. The van der Waals surface area contributed by atoms with Gasteiger partial charge in [0.1, 0.15) is 5.82 Å². The molecule has 0 bridgehead atoms. The first kappa shape index (κ1) is 20.8. The molecule has 1 saturated heterocycles. The van der Waals surface area contributed by atoms with E-state index in [9.17, 15) is 9.59 Å². The number of nitrogens with zero attached hydrogens (tertiary/aromatic N) is 4. The Kier molecular flexibility index (Phi) is 5.70. The number of aryl methyl sites for hydroxylation is 2. The second-order valence-electron chi connectivity index (χ2n) is 8.62. The van der Waals surface area contributed by atoms with Crippen molar-refractivity contribution in [3.8, 4) is 11.3 Å². The average Bonchev–Trinajstić information content (AvgIpc) is 3.55. The van der Waals surface area contributed by atoms with Gasteiger partial charge in [0.05, 0.1) is 11.8 Å². The third-order valence-corrected chi connectivity index (χ3v) is 6.38. The van der Waals surface area contributed by atoms with Crippen molar-refractivity contribution in [2.24, 2.45) is 7.05 Å². The summed E-state index contributed by atoms with van der Waals surface area (Å²) in [6.07, 6.45) is 5.44. The van der Waals surface area contributed by atoms with Crippen molar-refractivity contribution >= 4 is 28.5 Å². The van der Waals surface area contributed by atoms with Crippen LogP contribution in [-0.2, 0) is 27.9 Å². The number of benzene rings is 1. The zero-order chi connectivity index (χ0) is 22.1. The molecule has 1 N–H and O–H groups in total. The van der Waals surface area contributed by atoms with Crippen molar-refractivity contribution in [1.82, 2.24) is 19.7 Å². The van der Waals surface area contributed by atoms with Gasteiger partial charge in [0, 0.05) is 74.9 Å². The van der Waals surface area contributed by atoms with Crippen LogP contribution in [0.15, 0.2) is 36.5 Å². The molecule has 168 valence electrons. The van der Waals surface area contributed by atoms with E-state index in [0.29, 0.717) is 13.1 Å². The normalized spacial score (nSPS) is 18.2. The van der Waals surface area contributed by atoms with E-state index in [4.69, 9.17) is 9.84 Å². The molecular weight excluding hydrogens is 406 g/mol. The fraction of sp³-hybridized carbons (Fsp3) is 0.458. The van der Waals surface area contributed by atoms with Gasteiger partial charge in [-0.15, -0.1) is 0 Å². The van der Waals surface area contributed by atoms with Crippen LogP contribution in [-0.4, -0.2) is 52.0 Å². The van der Waals surface area contributed by atoms with Crippen molar-refractivity contribution in [3.63, 3.8) is 0 Å². The van der Waals surface area contributed by atoms with Crippen molar-refractivity contribution in [1.29, 1.82) is 0 Å². The number of amides is 2. The van der Waals surface area contributed by atoms with Crippen LogP contribution < -0.4 is 10.2 Å². The number of anilines is 1. The van der Waals surface area contributed by atoms with Crippen LogP contribution in [0.3, 0.4) is 0 Å². The van der Waals surface area contributed by atoms with Crippen molar-refractivity contribution in [2.75, 3.05) is 24.6 Å². The molecule has 2 aromatic heterocycles. The van der Waals surface area contributed by atoms with Gasteiger partial charge in [-0.05, 0) is 25.3 Å². The van der Waals surface area contributed by atoms with Crippen LogP contribution >= 0.6 is 0 Å². The molecule has 1 aromatic carbocycles. The van der Waals surface area contributed by atoms with E-state index in [1.54, 1.807) is 4.90 Å². The summed E-state index contributed by atoms with van der Waals surface area (Å²) in [6.45, 7) is 2.73. The highest BCUT2D eigenvalue weighted by atomic mass is 16.5. The van der Waals surface area contributed by atoms with Gasteiger partial charge in [0.2, 0.25) is 11.8 Å². The van der Waals surface area contributed by atoms with Gasteiger partial charge in [-0.25, -0.2) is 4.68 Å². The number of nitrogens with one attached hydrogen (secondary N) is 1. The number of carbonyl (C=O) groups excluding carboxylic acids is 2. The molecule has 8 nitrogen and oxygen atoms in total. The molecule has 0 spiro atoms. The third-order valence-electron chi connectivity index (χ3n) is 6.38. The Morgan fingerprint density at radius 2 is 2.06 bits per heavy atom. The molecule has 0 saturated carbocycles.